The highest BCUT2D eigenvalue weighted by molar-refractivity contribution is 5.98. The number of rotatable bonds is 8. The van der Waals surface area contributed by atoms with E-state index >= 15 is 0 Å². The number of nitrogens with zero attached hydrogens (tertiary/aromatic N) is 7. The largest absolute Gasteiger partial charge is 0.448 e. The van der Waals surface area contributed by atoms with Gasteiger partial charge < -0.3 is 25.1 Å². The Morgan fingerprint density at radius 3 is 2.41 bits per heavy atom. The Hall–Kier alpha value is -6.76. The molecule has 294 valence electrons. The Bertz CT molecular complexity index is 2670. The molecule has 1 unspecified atom stereocenters. The van der Waals surface area contributed by atoms with Gasteiger partial charge in [0, 0.05) is 37.3 Å². The molecule has 1 atom stereocenters. The summed E-state index contributed by atoms with van der Waals surface area (Å²) in [7, 11) is 1.63. The van der Waals surface area contributed by atoms with Crippen LogP contribution in [0.3, 0.4) is 0 Å². The molecule has 1 saturated heterocycles. The van der Waals surface area contributed by atoms with Gasteiger partial charge in [0.05, 0.1) is 11.4 Å². The number of aryl methyl sites for hydroxylation is 2. The number of carbonyl (C=O) groups is 2. The summed E-state index contributed by atoms with van der Waals surface area (Å²) >= 11 is 0. The number of fused-ring (bicyclic) bond motifs is 5. The molecule has 4 aromatic carbocycles. The molecule has 0 saturated carbocycles. The van der Waals surface area contributed by atoms with Crippen molar-refractivity contribution in [2.75, 3.05) is 37.8 Å². The lowest BCUT2D eigenvalue weighted by molar-refractivity contribution is -0.143. The fourth-order valence-electron chi connectivity index (χ4n) is 8.51. The number of benzene rings is 4. The summed E-state index contributed by atoms with van der Waals surface area (Å²) in [5.41, 5.74) is 16.5. The van der Waals surface area contributed by atoms with E-state index < -0.39 is 11.6 Å². The van der Waals surface area contributed by atoms with Crippen molar-refractivity contribution in [3.05, 3.63) is 114 Å². The molecule has 1 fully saturated rings. The number of nitrogen functional groups attached to an aromatic ring is 1. The lowest BCUT2D eigenvalue weighted by atomic mass is 9.97. The number of carbonyl (C=O) groups excluding carboxylic acids is 2. The zero-order valence-corrected chi connectivity index (χ0v) is 33.2. The van der Waals surface area contributed by atoms with Crippen molar-refractivity contribution >= 4 is 51.7 Å². The molecule has 13 heteroatoms. The zero-order valence-electron chi connectivity index (χ0n) is 33.2. The van der Waals surface area contributed by atoms with Crippen LogP contribution in [0.25, 0.3) is 44.5 Å². The smallest absolute Gasteiger partial charge is 0.410 e. The summed E-state index contributed by atoms with van der Waals surface area (Å²) < 4.78 is 13.8. The normalized spacial score (nSPS) is 15.4. The first-order valence-electron chi connectivity index (χ1n) is 19.6. The first-order chi connectivity index (χ1) is 28.0. The van der Waals surface area contributed by atoms with Gasteiger partial charge in [0.2, 0.25) is 5.91 Å². The van der Waals surface area contributed by atoms with Gasteiger partial charge in [0.1, 0.15) is 35.5 Å². The van der Waals surface area contributed by atoms with Crippen LogP contribution in [0.5, 0.6) is 0 Å². The van der Waals surface area contributed by atoms with E-state index in [4.69, 9.17) is 20.0 Å². The van der Waals surface area contributed by atoms with Gasteiger partial charge in [-0.2, -0.15) is 10.1 Å². The lowest BCUT2D eigenvalue weighted by Gasteiger charge is -2.41. The van der Waals surface area contributed by atoms with Crippen molar-refractivity contribution in [3.63, 3.8) is 0 Å². The van der Waals surface area contributed by atoms with E-state index in [9.17, 15) is 9.59 Å². The first-order valence-corrected chi connectivity index (χ1v) is 19.6. The zero-order chi connectivity index (χ0) is 40.3. The average molecular weight is 776 g/mol. The van der Waals surface area contributed by atoms with E-state index in [1.54, 1.807) is 20.9 Å². The molecule has 3 N–H and O–H groups in total. The van der Waals surface area contributed by atoms with Gasteiger partial charge in [-0.3, -0.25) is 9.69 Å². The molecule has 3 aromatic heterocycles. The van der Waals surface area contributed by atoms with Crippen molar-refractivity contribution in [1.82, 2.24) is 34.5 Å². The van der Waals surface area contributed by atoms with Gasteiger partial charge in [-0.1, -0.05) is 66.7 Å². The number of ether oxygens (including phenoxy) is 1. The van der Waals surface area contributed by atoms with Gasteiger partial charge >= 0.3 is 6.09 Å². The molecule has 0 radical (unpaired) electrons. The molecule has 9 rings (SSSR count). The predicted octanol–water partition coefficient (Wildman–Crippen LogP) is 8.40. The molecule has 2 amide bonds. The van der Waals surface area contributed by atoms with E-state index in [2.05, 4.69) is 50.6 Å². The second-order valence-electron chi connectivity index (χ2n) is 15.9. The second-order valence-corrected chi connectivity index (χ2v) is 15.9. The fourth-order valence-corrected chi connectivity index (χ4v) is 8.51. The Morgan fingerprint density at radius 1 is 0.983 bits per heavy atom. The molecule has 1 aliphatic heterocycles. The Balaban J connectivity index is 0.906. The molecule has 4 heterocycles. The lowest BCUT2D eigenvalue weighted by Crippen LogP contribution is -2.58. The van der Waals surface area contributed by atoms with Crippen LogP contribution in [0.1, 0.15) is 60.9 Å². The van der Waals surface area contributed by atoms with Crippen LogP contribution in [-0.4, -0.2) is 78.8 Å². The number of anilines is 3. The summed E-state index contributed by atoms with van der Waals surface area (Å²) in [5.74, 6) is 0.0629. The van der Waals surface area contributed by atoms with Crippen molar-refractivity contribution in [2.24, 2.45) is 0 Å². The van der Waals surface area contributed by atoms with Crippen molar-refractivity contribution < 1.29 is 18.7 Å². The third kappa shape index (κ3) is 6.36. The number of piperidine rings is 1. The van der Waals surface area contributed by atoms with Crippen molar-refractivity contribution in [2.45, 2.75) is 58.0 Å². The number of likely N-dealkylation sites (tertiary alicyclic amines) is 1. The Morgan fingerprint density at radius 2 is 1.69 bits per heavy atom. The number of hydrogen-bond acceptors (Lipinski definition) is 10. The molecule has 0 bridgehead atoms. The summed E-state index contributed by atoms with van der Waals surface area (Å²) in [5, 5.41) is 8.99. The summed E-state index contributed by atoms with van der Waals surface area (Å²) in [6.45, 7) is 8.68. The maximum atomic E-state index is 14.3. The highest BCUT2D eigenvalue weighted by Crippen LogP contribution is 2.45. The number of aromatic nitrogens is 5. The van der Waals surface area contributed by atoms with Crippen LogP contribution in [0.15, 0.2) is 95.7 Å². The Kier molecular flexibility index (Phi) is 9.10. The predicted molar refractivity (Wildman–Crippen MR) is 224 cm³/mol. The maximum Gasteiger partial charge on any atom is 0.410 e. The van der Waals surface area contributed by atoms with Gasteiger partial charge in [-0.25, -0.2) is 19.4 Å². The van der Waals surface area contributed by atoms with Crippen LogP contribution in [-0.2, 0) is 9.53 Å². The van der Waals surface area contributed by atoms with Crippen molar-refractivity contribution in [3.8, 4) is 22.4 Å². The SMILES string of the molecule is Cc1cc(C)c2oc(Nc3ccc(-c4nn(C5CCCN(C(=O)C(C)(C)N(C)C(=O)OCC6c7ccccc7-c7ccccc76)C5)c5ncnc(N)c45)cc3)nc2c1. The molecular formula is C45H45N9O4. The third-order valence-electron chi connectivity index (χ3n) is 11.7. The van der Waals surface area contributed by atoms with Gasteiger partial charge in [0.15, 0.2) is 11.2 Å². The standard InChI is InChI=1S/C45H45N9O4/c1-26-21-27(2)39-36(22-26)50-43(58-39)49-29-18-16-28(17-19-29)38-37-40(46)47-25-48-41(37)54(51-38)30-11-10-20-53(23-30)42(55)45(3,4)52(5)44(56)57-24-35-33-14-8-6-12-31(33)32-13-7-9-15-34(32)35/h6-9,12-19,21-22,25,30,35H,10-11,20,23-24H2,1-5H3,(H,49,50)(H2,46,47,48). The van der Waals surface area contributed by atoms with E-state index in [1.165, 1.54) is 11.2 Å². The van der Waals surface area contributed by atoms with E-state index in [-0.39, 0.29) is 24.5 Å². The summed E-state index contributed by atoms with van der Waals surface area (Å²) in [6, 6.07) is 28.5. The minimum Gasteiger partial charge on any atom is -0.448 e. The molecule has 7 aromatic rings. The number of nitrogens with two attached hydrogens (primary N) is 1. The molecule has 58 heavy (non-hydrogen) atoms. The minimum absolute atomic E-state index is 0.0820. The van der Waals surface area contributed by atoms with Crippen LogP contribution >= 0.6 is 0 Å². The maximum absolute atomic E-state index is 14.3. The molecule has 13 nitrogen and oxygen atoms in total. The van der Waals surface area contributed by atoms with Crippen LogP contribution in [0, 0.1) is 13.8 Å². The first kappa shape index (κ1) is 36.9. The third-order valence-corrected chi connectivity index (χ3v) is 11.7. The number of likely N-dealkylation sites (N-methyl/N-ethyl adjacent to an activating group) is 1. The van der Waals surface area contributed by atoms with E-state index in [1.807, 2.05) is 78.0 Å². The van der Waals surface area contributed by atoms with Gasteiger partial charge in [0.25, 0.3) is 6.01 Å². The number of nitrogens with one attached hydrogen (secondary N) is 1. The summed E-state index contributed by atoms with van der Waals surface area (Å²) in [4.78, 5) is 44.7. The second kappa shape index (κ2) is 14.3. The van der Waals surface area contributed by atoms with Crippen LogP contribution in [0.2, 0.25) is 0 Å². The average Bonchev–Trinajstić information content (AvgIpc) is 3.92. The Labute approximate surface area is 335 Å². The number of amides is 2. The highest BCUT2D eigenvalue weighted by atomic mass is 16.6. The molecule has 0 spiro atoms. The topological polar surface area (TPSA) is 158 Å². The minimum atomic E-state index is -1.18. The van der Waals surface area contributed by atoms with E-state index in [0.717, 1.165) is 68.6 Å². The summed E-state index contributed by atoms with van der Waals surface area (Å²) in [6.07, 6.45) is 2.41. The monoisotopic (exact) mass is 775 g/mol. The van der Waals surface area contributed by atoms with E-state index in [0.29, 0.717) is 41.6 Å². The quantitative estimate of drug-likeness (QED) is 0.154. The van der Waals surface area contributed by atoms with Gasteiger partial charge in [-0.05, 0) is 92.1 Å². The molecular weight excluding hydrogens is 731 g/mol. The van der Waals surface area contributed by atoms with Crippen LogP contribution < -0.4 is 11.1 Å². The molecule has 2 aliphatic rings. The number of hydrogen-bond donors (Lipinski definition) is 2. The highest BCUT2D eigenvalue weighted by Gasteiger charge is 2.42. The van der Waals surface area contributed by atoms with Gasteiger partial charge in [-0.15, -0.1) is 0 Å². The molecule has 1 aliphatic carbocycles. The van der Waals surface area contributed by atoms with Crippen molar-refractivity contribution in [1.29, 1.82) is 0 Å². The fraction of sp³-hybridized carbons (Fsp3) is 0.289. The van der Waals surface area contributed by atoms with Crippen LogP contribution in [0.4, 0.5) is 22.3 Å². The number of oxazole rings is 1.